The van der Waals surface area contributed by atoms with Crippen LogP contribution in [0.5, 0.6) is 5.75 Å². The smallest absolute Gasteiger partial charge is 0.191 e. The van der Waals surface area contributed by atoms with Crippen LogP contribution in [0.15, 0.2) is 35.6 Å². The molecule has 1 aromatic carbocycles. The molecule has 0 saturated carbocycles. The Balaban J connectivity index is 0.00000288. The fourth-order valence-corrected chi connectivity index (χ4v) is 2.01. The molecule has 0 saturated heterocycles. The highest BCUT2D eigenvalue weighted by atomic mass is 127. The van der Waals surface area contributed by atoms with Gasteiger partial charge < -0.3 is 15.4 Å². The minimum atomic E-state index is 0. The summed E-state index contributed by atoms with van der Waals surface area (Å²) in [4.78, 5) is 8.37. The summed E-state index contributed by atoms with van der Waals surface area (Å²) < 4.78 is 7.37. The summed E-state index contributed by atoms with van der Waals surface area (Å²) in [7, 11) is 3.60. The molecule has 0 aliphatic rings. The zero-order chi connectivity index (χ0) is 16.7. The lowest BCUT2D eigenvalue weighted by molar-refractivity contribution is 0.242. The molecule has 0 unspecified atom stereocenters. The van der Waals surface area contributed by atoms with E-state index in [1.165, 1.54) is 6.33 Å². The number of benzene rings is 1. The van der Waals surface area contributed by atoms with Gasteiger partial charge in [-0.2, -0.15) is 5.10 Å². The van der Waals surface area contributed by atoms with Crippen LogP contribution in [0.1, 0.15) is 25.2 Å². The van der Waals surface area contributed by atoms with Crippen molar-refractivity contribution in [2.75, 3.05) is 7.05 Å². The van der Waals surface area contributed by atoms with E-state index in [-0.39, 0.29) is 30.1 Å². The van der Waals surface area contributed by atoms with Crippen molar-refractivity contribution >= 4 is 29.9 Å². The molecule has 0 amide bonds. The summed E-state index contributed by atoms with van der Waals surface area (Å²) in [6.45, 7) is 5.28. The SMILES string of the molecule is CN=C(NCc1ccc(OC(C)C)cc1)NCc1ncnn1C.I. The number of aryl methyl sites for hydroxylation is 1. The van der Waals surface area contributed by atoms with Crippen LogP contribution < -0.4 is 15.4 Å². The van der Waals surface area contributed by atoms with Crippen LogP contribution in [-0.2, 0) is 20.1 Å². The van der Waals surface area contributed by atoms with Crippen LogP contribution in [0.3, 0.4) is 0 Å². The van der Waals surface area contributed by atoms with Crippen molar-refractivity contribution in [3.63, 3.8) is 0 Å². The Hall–Kier alpha value is -1.84. The monoisotopic (exact) mass is 444 g/mol. The highest BCUT2D eigenvalue weighted by Gasteiger charge is 2.03. The largest absolute Gasteiger partial charge is 0.491 e. The first-order valence-electron chi connectivity index (χ1n) is 7.61. The summed E-state index contributed by atoms with van der Waals surface area (Å²) in [6.07, 6.45) is 1.72. The Kier molecular flexibility index (Phi) is 8.51. The third-order valence-corrected chi connectivity index (χ3v) is 3.20. The number of hydrogen-bond donors (Lipinski definition) is 2. The van der Waals surface area contributed by atoms with E-state index in [0.29, 0.717) is 13.1 Å². The number of aromatic nitrogens is 3. The van der Waals surface area contributed by atoms with Gasteiger partial charge in [-0.15, -0.1) is 24.0 Å². The zero-order valence-corrected chi connectivity index (χ0v) is 16.8. The van der Waals surface area contributed by atoms with Gasteiger partial charge in [0.2, 0.25) is 0 Å². The minimum absolute atomic E-state index is 0. The van der Waals surface area contributed by atoms with E-state index in [9.17, 15) is 0 Å². The molecule has 2 aromatic rings. The first-order chi connectivity index (χ1) is 11.1. The molecular weight excluding hydrogens is 419 g/mol. The van der Waals surface area contributed by atoms with Crippen molar-refractivity contribution in [2.24, 2.45) is 12.0 Å². The van der Waals surface area contributed by atoms with Crippen LogP contribution in [0.2, 0.25) is 0 Å². The molecule has 0 bridgehead atoms. The van der Waals surface area contributed by atoms with E-state index in [0.717, 1.165) is 23.1 Å². The predicted molar refractivity (Wildman–Crippen MR) is 106 cm³/mol. The molecule has 24 heavy (non-hydrogen) atoms. The fourth-order valence-electron chi connectivity index (χ4n) is 2.01. The second kappa shape index (κ2) is 10.1. The van der Waals surface area contributed by atoms with E-state index in [1.54, 1.807) is 11.7 Å². The first kappa shape index (κ1) is 20.2. The number of aliphatic imine (C=N–C) groups is 1. The average molecular weight is 444 g/mol. The number of ether oxygens (including phenoxy) is 1. The molecule has 0 atom stereocenters. The Morgan fingerprint density at radius 3 is 2.42 bits per heavy atom. The van der Waals surface area contributed by atoms with Gasteiger partial charge in [-0.3, -0.25) is 9.67 Å². The molecule has 1 heterocycles. The summed E-state index contributed by atoms with van der Waals surface area (Å²) in [5, 5.41) is 10.5. The van der Waals surface area contributed by atoms with Gasteiger partial charge in [0.1, 0.15) is 17.9 Å². The van der Waals surface area contributed by atoms with E-state index >= 15 is 0 Å². The summed E-state index contributed by atoms with van der Waals surface area (Å²) in [5.41, 5.74) is 1.16. The predicted octanol–water partition coefficient (Wildman–Crippen LogP) is 2.09. The third-order valence-electron chi connectivity index (χ3n) is 3.20. The maximum absolute atomic E-state index is 5.64. The molecule has 0 aliphatic carbocycles. The Morgan fingerprint density at radius 1 is 1.21 bits per heavy atom. The minimum Gasteiger partial charge on any atom is -0.491 e. The van der Waals surface area contributed by atoms with Crippen molar-refractivity contribution in [1.82, 2.24) is 25.4 Å². The molecule has 8 heteroatoms. The molecule has 7 nitrogen and oxygen atoms in total. The van der Waals surface area contributed by atoms with Gasteiger partial charge >= 0.3 is 0 Å². The molecular formula is C16H25IN6O. The number of guanidine groups is 1. The second-order valence-corrected chi connectivity index (χ2v) is 5.39. The lowest BCUT2D eigenvalue weighted by atomic mass is 10.2. The van der Waals surface area contributed by atoms with Crippen molar-refractivity contribution in [1.29, 1.82) is 0 Å². The van der Waals surface area contributed by atoms with Gasteiger partial charge in [-0.05, 0) is 31.5 Å². The second-order valence-electron chi connectivity index (χ2n) is 5.39. The Labute approximate surface area is 159 Å². The number of nitrogens with one attached hydrogen (secondary N) is 2. The molecule has 1 aromatic heterocycles. The van der Waals surface area contributed by atoms with Crippen molar-refractivity contribution in [3.05, 3.63) is 42.0 Å². The normalized spacial score (nSPS) is 11.1. The van der Waals surface area contributed by atoms with Crippen molar-refractivity contribution in [2.45, 2.75) is 33.0 Å². The van der Waals surface area contributed by atoms with E-state index in [4.69, 9.17) is 4.74 Å². The third kappa shape index (κ3) is 6.34. The molecule has 2 N–H and O–H groups in total. The topological polar surface area (TPSA) is 76.4 Å². The summed E-state index contributed by atoms with van der Waals surface area (Å²) in [5.74, 6) is 2.45. The van der Waals surface area contributed by atoms with Gasteiger partial charge in [0.25, 0.3) is 0 Å². The van der Waals surface area contributed by atoms with Crippen LogP contribution in [-0.4, -0.2) is 33.9 Å². The van der Waals surface area contributed by atoms with Gasteiger partial charge in [-0.25, -0.2) is 4.98 Å². The molecule has 2 rings (SSSR count). The molecule has 0 aliphatic heterocycles. The molecule has 0 fully saturated rings. The molecule has 0 radical (unpaired) electrons. The van der Waals surface area contributed by atoms with Gasteiger partial charge in [-0.1, -0.05) is 12.1 Å². The van der Waals surface area contributed by atoms with E-state index < -0.39 is 0 Å². The highest BCUT2D eigenvalue weighted by molar-refractivity contribution is 14.0. The van der Waals surface area contributed by atoms with Gasteiger partial charge in [0.05, 0.1) is 12.6 Å². The van der Waals surface area contributed by atoms with Gasteiger partial charge in [0.15, 0.2) is 5.96 Å². The highest BCUT2D eigenvalue weighted by Crippen LogP contribution is 2.13. The summed E-state index contributed by atoms with van der Waals surface area (Å²) >= 11 is 0. The maximum atomic E-state index is 5.64. The molecule has 0 spiro atoms. The van der Waals surface area contributed by atoms with Crippen molar-refractivity contribution in [3.8, 4) is 5.75 Å². The number of halogens is 1. The number of nitrogens with zero attached hydrogens (tertiary/aromatic N) is 4. The Morgan fingerprint density at radius 2 is 1.88 bits per heavy atom. The lowest BCUT2D eigenvalue weighted by Gasteiger charge is -2.13. The van der Waals surface area contributed by atoms with Crippen LogP contribution >= 0.6 is 24.0 Å². The fraction of sp³-hybridized carbons (Fsp3) is 0.438. The van der Waals surface area contributed by atoms with Crippen molar-refractivity contribution < 1.29 is 4.74 Å². The Bertz CT molecular complexity index is 638. The quantitative estimate of drug-likeness (QED) is 0.406. The molecule has 132 valence electrons. The van der Waals surface area contributed by atoms with Gasteiger partial charge in [0, 0.05) is 20.6 Å². The number of hydrogen-bond acceptors (Lipinski definition) is 4. The standard InChI is InChI=1S/C16H24N6O.HI/c1-12(2)23-14-7-5-13(6-8-14)9-18-16(17-3)19-10-15-20-11-21-22(15)4;/h5-8,11-12H,9-10H2,1-4H3,(H2,17,18,19);1H. The summed E-state index contributed by atoms with van der Waals surface area (Å²) in [6, 6.07) is 8.04. The van der Waals surface area contributed by atoms with Crippen LogP contribution in [0.4, 0.5) is 0 Å². The first-order valence-corrected chi connectivity index (χ1v) is 7.61. The number of rotatable bonds is 6. The van der Waals surface area contributed by atoms with Crippen LogP contribution in [0.25, 0.3) is 0 Å². The average Bonchev–Trinajstić information content (AvgIpc) is 2.94. The zero-order valence-electron chi connectivity index (χ0n) is 14.5. The van der Waals surface area contributed by atoms with E-state index in [2.05, 4.69) is 25.7 Å². The van der Waals surface area contributed by atoms with E-state index in [1.807, 2.05) is 45.2 Å². The maximum Gasteiger partial charge on any atom is 0.191 e. The van der Waals surface area contributed by atoms with Crippen LogP contribution in [0, 0.1) is 0 Å². The lowest BCUT2D eigenvalue weighted by Crippen LogP contribution is -2.36.